The summed E-state index contributed by atoms with van der Waals surface area (Å²) in [5.74, 6) is 0.633. The third kappa shape index (κ3) is 2.74. The third-order valence-electron chi connectivity index (χ3n) is 3.80. The maximum atomic E-state index is 12.0. The highest BCUT2D eigenvalue weighted by Crippen LogP contribution is 2.15. The number of aromatic amines is 1. The number of fused-ring (bicyclic) bond motifs is 1. The van der Waals surface area contributed by atoms with Gasteiger partial charge < -0.3 is 10.2 Å². The molecular formula is C15H18N4O2. The molecule has 2 heterocycles. The molecule has 21 heavy (non-hydrogen) atoms. The van der Waals surface area contributed by atoms with E-state index in [-0.39, 0.29) is 17.5 Å². The summed E-state index contributed by atoms with van der Waals surface area (Å²) in [5.41, 5.74) is 0.519. The normalized spacial score (nSPS) is 18.1. The predicted molar refractivity (Wildman–Crippen MR) is 81.3 cm³/mol. The van der Waals surface area contributed by atoms with E-state index in [1.165, 1.54) is 0 Å². The molecule has 1 amide bonds. The molecule has 2 aromatic rings. The molecule has 1 aromatic carbocycles. The number of benzene rings is 1. The van der Waals surface area contributed by atoms with Gasteiger partial charge in [-0.25, -0.2) is 4.98 Å². The summed E-state index contributed by atoms with van der Waals surface area (Å²) in [7, 11) is 0. The summed E-state index contributed by atoms with van der Waals surface area (Å²) >= 11 is 0. The van der Waals surface area contributed by atoms with E-state index < -0.39 is 0 Å². The summed E-state index contributed by atoms with van der Waals surface area (Å²) in [4.78, 5) is 32.7. The van der Waals surface area contributed by atoms with E-state index in [1.807, 2.05) is 30.0 Å². The minimum atomic E-state index is -0.150. The minimum absolute atomic E-state index is 0.129. The Morgan fingerprint density at radius 2 is 2.29 bits per heavy atom. The number of nitrogens with zero attached hydrogens (tertiary/aromatic N) is 2. The van der Waals surface area contributed by atoms with Crippen LogP contribution in [0.25, 0.3) is 10.9 Å². The summed E-state index contributed by atoms with van der Waals surface area (Å²) in [5, 5.41) is 3.80. The number of carbonyl (C=O) groups is 1. The van der Waals surface area contributed by atoms with Crippen LogP contribution in [0.5, 0.6) is 0 Å². The lowest BCUT2D eigenvalue weighted by molar-refractivity contribution is -0.129. The van der Waals surface area contributed by atoms with Gasteiger partial charge in [0, 0.05) is 25.6 Å². The maximum absolute atomic E-state index is 12.0. The molecular weight excluding hydrogens is 268 g/mol. The predicted octanol–water partition coefficient (Wildman–Crippen LogP) is 1.35. The zero-order chi connectivity index (χ0) is 14.8. The Bertz CT molecular complexity index is 725. The minimum Gasteiger partial charge on any atom is -0.351 e. The summed E-state index contributed by atoms with van der Waals surface area (Å²) in [6, 6.07) is 7.37. The third-order valence-corrected chi connectivity index (χ3v) is 3.80. The Morgan fingerprint density at radius 3 is 3.10 bits per heavy atom. The van der Waals surface area contributed by atoms with Crippen molar-refractivity contribution >= 4 is 22.8 Å². The van der Waals surface area contributed by atoms with Crippen molar-refractivity contribution in [2.24, 2.45) is 0 Å². The van der Waals surface area contributed by atoms with Crippen LogP contribution in [0.2, 0.25) is 0 Å². The van der Waals surface area contributed by atoms with Gasteiger partial charge in [0.1, 0.15) is 0 Å². The number of H-pyrrole nitrogens is 1. The molecule has 1 aliphatic rings. The van der Waals surface area contributed by atoms with Gasteiger partial charge in [0.2, 0.25) is 11.9 Å². The molecule has 0 radical (unpaired) electrons. The van der Waals surface area contributed by atoms with Crippen molar-refractivity contribution in [2.75, 3.05) is 18.4 Å². The highest BCUT2D eigenvalue weighted by molar-refractivity contribution is 5.78. The van der Waals surface area contributed by atoms with Crippen molar-refractivity contribution in [2.45, 2.75) is 25.8 Å². The van der Waals surface area contributed by atoms with Crippen LogP contribution in [-0.4, -0.2) is 39.9 Å². The molecule has 6 nitrogen and oxygen atoms in total. The first-order valence-corrected chi connectivity index (χ1v) is 7.20. The quantitative estimate of drug-likeness (QED) is 0.892. The molecule has 0 saturated carbocycles. The van der Waals surface area contributed by atoms with Crippen LogP contribution in [0.1, 0.15) is 19.8 Å². The highest BCUT2D eigenvalue weighted by Gasteiger charge is 2.25. The molecule has 0 bridgehead atoms. The number of rotatable bonds is 3. The molecule has 6 heteroatoms. The fourth-order valence-electron chi connectivity index (χ4n) is 2.68. The first-order valence-electron chi connectivity index (χ1n) is 7.20. The van der Waals surface area contributed by atoms with Gasteiger partial charge in [-0.05, 0) is 18.6 Å². The zero-order valence-corrected chi connectivity index (χ0v) is 11.9. The van der Waals surface area contributed by atoms with E-state index >= 15 is 0 Å². The Morgan fingerprint density at radius 1 is 1.48 bits per heavy atom. The first-order chi connectivity index (χ1) is 10.2. The first kappa shape index (κ1) is 13.6. The molecule has 110 valence electrons. The van der Waals surface area contributed by atoms with Gasteiger partial charge in [-0.3, -0.25) is 14.6 Å². The van der Waals surface area contributed by atoms with Crippen molar-refractivity contribution in [3.05, 3.63) is 34.6 Å². The fraction of sp³-hybridized carbons (Fsp3) is 0.400. The van der Waals surface area contributed by atoms with Crippen LogP contribution in [-0.2, 0) is 4.79 Å². The molecule has 0 aliphatic carbocycles. The van der Waals surface area contributed by atoms with Gasteiger partial charge in [0.25, 0.3) is 5.56 Å². The Hall–Kier alpha value is -2.37. The second-order valence-corrected chi connectivity index (χ2v) is 5.25. The average Bonchev–Trinajstić information content (AvgIpc) is 2.95. The molecule has 1 aliphatic heterocycles. The zero-order valence-electron chi connectivity index (χ0n) is 11.9. The van der Waals surface area contributed by atoms with Crippen molar-refractivity contribution in [1.82, 2.24) is 14.9 Å². The van der Waals surface area contributed by atoms with Crippen LogP contribution in [0.3, 0.4) is 0 Å². The number of carbonyl (C=O) groups excluding carboxylic acids is 1. The SMILES string of the molecule is CCC(=O)N1CCC(Nc2nc3ccccc3c(=O)[nH]2)C1. The molecule has 0 spiro atoms. The Labute approximate surface area is 122 Å². The van der Waals surface area contributed by atoms with Gasteiger partial charge in [-0.15, -0.1) is 0 Å². The summed E-state index contributed by atoms with van der Waals surface area (Å²) in [6.07, 6.45) is 1.39. The van der Waals surface area contributed by atoms with Crippen molar-refractivity contribution in [3.8, 4) is 0 Å². The Kier molecular flexibility index (Phi) is 3.60. The summed E-state index contributed by atoms with van der Waals surface area (Å²) < 4.78 is 0. The summed E-state index contributed by atoms with van der Waals surface area (Å²) in [6.45, 7) is 3.27. The number of likely N-dealkylation sites (tertiary alicyclic amines) is 1. The van der Waals surface area contributed by atoms with E-state index in [0.29, 0.717) is 29.8 Å². The molecule has 2 N–H and O–H groups in total. The number of nitrogens with one attached hydrogen (secondary N) is 2. The highest BCUT2D eigenvalue weighted by atomic mass is 16.2. The lowest BCUT2D eigenvalue weighted by Crippen LogP contribution is -2.31. The average molecular weight is 286 g/mol. The number of para-hydroxylation sites is 1. The van der Waals surface area contributed by atoms with E-state index in [2.05, 4.69) is 15.3 Å². The van der Waals surface area contributed by atoms with Crippen LogP contribution in [0, 0.1) is 0 Å². The van der Waals surface area contributed by atoms with Gasteiger partial charge in [-0.1, -0.05) is 19.1 Å². The topological polar surface area (TPSA) is 78.1 Å². The van der Waals surface area contributed by atoms with Crippen LogP contribution < -0.4 is 10.9 Å². The second kappa shape index (κ2) is 5.55. The maximum Gasteiger partial charge on any atom is 0.260 e. The van der Waals surface area contributed by atoms with Crippen LogP contribution in [0.15, 0.2) is 29.1 Å². The van der Waals surface area contributed by atoms with E-state index in [9.17, 15) is 9.59 Å². The second-order valence-electron chi connectivity index (χ2n) is 5.25. The van der Waals surface area contributed by atoms with E-state index in [1.54, 1.807) is 6.07 Å². The van der Waals surface area contributed by atoms with Crippen molar-refractivity contribution < 1.29 is 4.79 Å². The number of hydrogen-bond acceptors (Lipinski definition) is 4. The fourth-order valence-corrected chi connectivity index (χ4v) is 2.68. The van der Waals surface area contributed by atoms with Crippen molar-refractivity contribution in [3.63, 3.8) is 0 Å². The van der Waals surface area contributed by atoms with Gasteiger partial charge in [0.05, 0.1) is 10.9 Å². The molecule has 1 saturated heterocycles. The lowest BCUT2D eigenvalue weighted by Gasteiger charge is -2.16. The van der Waals surface area contributed by atoms with Gasteiger partial charge in [0.15, 0.2) is 0 Å². The van der Waals surface area contributed by atoms with E-state index in [0.717, 1.165) is 13.0 Å². The van der Waals surface area contributed by atoms with E-state index in [4.69, 9.17) is 0 Å². The molecule has 1 fully saturated rings. The number of aromatic nitrogens is 2. The van der Waals surface area contributed by atoms with Crippen LogP contribution >= 0.6 is 0 Å². The largest absolute Gasteiger partial charge is 0.351 e. The Balaban J connectivity index is 1.77. The smallest absolute Gasteiger partial charge is 0.260 e. The molecule has 3 rings (SSSR count). The van der Waals surface area contributed by atoms with Gasteiger partial charge >= 0.3 is 0 Å². The molecule has 1 aromatic heterocycles. The lowest BCUT2D eigenvalue weighted by atomic mass is 10.2. The van der Waals surface area contributed by atoms with Crippen molar-refractivity contribution in [1.29, 1.82) is 0 Å². The molecule has 1 unspecified atom stereocenters. The van der Waals surface area contributed by atoms with Gasteiger partial charge in [-0.2, -0.15) is 0 Å². The number of anilines is 1. The van der Waals surface area contributed by atoms with Crippen LogP contribution in [0.4, 0.5) is 5.95 Å². The molecule has 1 atom stereocenters. The standard InChI is InChI=1S/C15H18N4O2/c1-2-13(20)19-8-7-10(9-19)16-15-17-12-6-4-3-5-11(12)14(21)18-15/h3-6,10H,2,7-9H2,1H3,(H2,16,17,18,21). The monoisotopic (exact) mass is 286 g/mol. The number of hydrogen-bond donors (Lipinski definition) is 2. The number of amides is 1.